The van der Waals surface area contributed by atoms with Crippen LogP contribution in [0.5, 0.6) is 0 Å². The van der Waals surface area contributed by atoms with Crippen LogP contribution in [0.25, 0.3) is 0 Å². The third-order valence-corrected chi connectivity index (χ3v) is 3.31. The number of nitrogens with one attached hydrogen (secondary N) is 1. The van der Waals surface area contributed by atoms with Gasteiger partial charge in [-0.3, -0.25) is 4.79 Å². The molecule has 1 atom stereocenters. The molecule has 4 nitrogen and oxygen atoms in total. The molecule has 1 aromatic carbocycles. The SMILES string of the molecule is Cc1ccoc1C(=O)NCCCOC(C)c1ccccc1. The van der Waals surface area contributed by atoms with E-state index in [4.69, 9.17) is 9.15 Å². The van der Waals surface area contributed by atoms with Gasteiger partial charge >= 0.3 is 0 Å². The fourth-order valence-electron chi connectivity index (χ4n) is 2.04. The predicted molar refractivity (Wildman–Crippen MR) is 81.2 cm³/mol. The zero-order valence-electron chi connectivity index (χ0n) is 12.5. The number of amides is 1. The molecular weight excluding hydrogens is 266 g/mol. The second-order valence-electron chi connectivity index (χ2n) is 4.97. The molecule has 0 saturated carbocycles. The van der Waals surface area contributed by atoms with Crippen molar-refractivity contribution in [2.24, 2.45) is 0 Å². The highest BCUT2D eigenvalue weighted by Gasteiger charge is 2.11. The Hall–Kier alpha value is -2.07. The minimum atomic E-state index is -0.173. The third kappa shape index (κ3) is 4.46. The minimum Gasteiger partial charge on any atom is -0.459 e. The van der Waals surface area contributed by atoms with E-state index in [2.05, 4.69) is 5.32 Å². The van der Waals surface area contributed by atoms with Crippen LogP contribution in [0.2, 0.25) is 0 Å². The summed E-state index contributed by atoms with van der Waals surface area (Å²) < 4.78 is 10.9. The highest BCUT2D eigenvalue weighted by molar-refractivity contribution is 5.92. The van der Waals surface area contributed by atoms with Gasteiger partial charge in [-0.25, -0.2) is 0 Å². The van der Waals surface area contributed by atoms with E-state index < -0.39 is 0 Å². The number of hydrogen-bond acceptors (Lipinski definition) is 3. The van der Waals surface area contributed by atoms with Crippen LogP contribution in [-0.2, 0) is 4.74 Å². The summed E-state index contributed by atoms with van der Waals surface area (Å²) in [4.78, 5) is 11.8. The number of carbonyl (C=O) groups excluding carboxylic acids is 1. The lowest BCUT2D eigenvalue weighted by molar-refractivity contribution is 0.0633. The molecule has 112 valence electrons. The van der Waals surface area contributed by atoms with Crippen LogP contribution in [0, 0.1) is 6.92 Å². The molecule has 0 bridgehead atoms. The fraction of sp³-hybridized carbons (Fsp3) is 0.353. The van der Waals surface area contributed by atoms with Crippen molar-refractivity contribution in [3.05, 3.63) is 59.5 Å². The standard InChI is InChI=1S/C17H21NO3/c1-13-9-12-21-16(13)17(19)18-10-6-11-20-14(2)15-7-4-3-5-8-15/h3-5,7-9,12,14H,6,10-11H2,1-2H3,(H,18,19). The Kier molecular flexibility index (Phi) is 5.58. The summed E-state index contributed by atoms with van der Waals surface area (Å²) in [6, 6.07) is 11.9. The molecule has 1 aromatic heterocycles. The van der Waals surface area contributed by atoms with Gasteiger partial charge in [0.1, 0.15) is 0 Å². The number of ether oxygens (including phenoxy) is 1. The van der Waals surface area contributed by atoms with E-state index in [1.807, 2.05) is 44.2 Å². The van der Waals surface area contributed by atoms with Crippen LogP contribution < -0.4 is 5.32 Å². The summed E-state index contributed by atoms with van der Waals surface area (Å²) in [6.07, 6.45) is 2.35. The first-order valence-electron chi connectivity index (χ1n) is 7.17. The average molecular weight is 287 g/mol. The summed E-state index contributed by atoms with van der Waals surface area (Å²) in [5.41, 5.74) is 2.01. The molecule has 0 fully saturated rings. The lowest BCUT2D eigenvalue weighted by Gasteiger charge is -2.13. The van der Waals surface area contributed by atoms with Gasteiger partial charge in [0, 0.05) is 18.7 Å². The molecule has 21 heavy (non-hydrogen) atoms. The van der Waals surface area contributed by atoms with Crippen LogP contribution >= 0.6 is 0 Å². The number of aryl methyl sites for hydroxylation is 1. The molecule has 2 aromatic rings. The quantitative estimate of drug-likeness (QED) is 0.793. The number of furan rings is 1. The molecule has 0 aliphatic carbocycles. The normalized spacial score (nSPS) is 12.1. The van der Waals surface area contributed by atoms with Crippen molar-refractivity contribution >= 4 is 5.91 Å². The van der Waals surface area contributed by atoms with E-state index in [-0.39, 0.29) is 12.0 Å². The summed E-state index contributed by atoms with van der Waals surface area (Å²) in [5, 5.41) is 2.83. The van der Waals surface area contributed by atoms with Crippen molar-refractivity contribution < 1.29 is 13.9 Å². The minimum absolute atomic E-state index is 0.0641. The monoisotopic (exact) mass is 287 g/mol. The Labute approximate surface area is 125 Å². The van der Waals surface area contributed by atoms with Gasteiger partial charge < -0.3 is 14.5 Å². The lowest BCUT2D eigenvalue weighted by atomic mass is 10.1. The summed E-state index contributed by atoms with van der Waals surface area (Å²) in [7, 11) is 0. The molecule has 0 aliphatic heterocycles. The van der Waals surface area contributed by atoms with Crippen molar-refractivity contribution in [2.75, 3.05) is 13.2 Å². The molecule has 0 saturated heterocycles. The summed E-state index contributed by atoms with van der Waals surface area (Å²) in [6.45, 7) is 5.05. The van der Waals surface area contributed by atoms with Gasteiger partial charge in [0.15, 0.2) is 5.76 Å². The number of benzene rings is 1. The van der Waals surface area contributed by atoms with Crippen molar-refractivity contribution in [1.29, 1.82) is 0 Å². The maximum absolute atomic E-state index is 11.8. The van der Waals surface area contributed by atoms with Crippen molar-refractivity contribution in [3.8, 4) is 0 Å². The van der Waals surface area contributed by atoms with Gasteiger partial charge in [-0.1, -0.05) is 30.3 Å². The van der Waals surface area contributed by atoms with E-state index >= 15 is 0 Å². The molecule has 0 aliphatic rings. The Morgan fingerprint density at radius 3 is 2.71 bits per heavy atom. The van der Waals surface area contributed by atoms with Crippen LogP contribution in [0.3, 0.4) is 0 Å². The van der Waals surface area contributed by atoms with Crippen LogP contribution in [0.1, 0.15) is 41.1 Å². The maximum Gasteiger partial charge on any atom is 0.287 e. The van der Waals surface area contributed by atoms with E-state index in [0.717, 1.165) is 17.5 Å². The summed E-state index contributed by atoms with van der Waals surface area (Å²) in [5.74, 6) is 0.210. The predicted octanol–water partition coefficient (Wildman–Crippen LogP) is 3.49. The molecule has 0 spiro atoms. The van der Waals surface area contributed by atoms with E-state index in [1.165, 1.54) is 6.26 Å². The highest BCUT2D eigenvalue weighted by atomic mass is 16.5. The second-order valence-corrected chi connectivity index (χ2v) is 4.97. The van der Waals surface area contributed by atoms with E-state index in [0.29, 0.717) is 18.9 Å². The Bertz CT molecular complexity index is 562. The van der Waals surface area contributed by atoms with Crippen LogP contribution in [0.15, 0.2) is 47.1 Å². The van der Waals surface area contributed by atoms with Gasteiger partial charge in [0.2, 0.25) is 0 Å². The number of rotatable bonds is 7. The highest BCUT2D eigenvalue weighted by Crippen LogP contribution is 2.15. The van der Waals surface area contributed by atoms with Gasteiger partial charge in [-0.15, -0.1) is 0 Å². The molecule has 1 N–H and O–H groups in total. The fourth-order valence-corrected chi connectivity index (χ4v) is 2.04. The molecule has 4 heteroatoms. The van der Waals surface area contributed by atoms with Crippen LogP contribution in [-0.4, -0.2) is 19.1 Å². The van der Waals surface area contributed by atoms with Gasteiger partial charge in [0.05, 0.1) is 12.4 Å². The Balaban J connectivity index is 1.64. The molecule has 1 heterocycles. The molecule has 1 unspecified atom stereocenters. The third-order valence-electron chi connectivity index (χ3n) is 3.31. The van der Waals surface area contributed by atoms with Gasteiger partial charge in [-0.05, 0) is 31.9 Å². The molecular formula is C17H21NO3. The Morgan fingerprint density at radius 1 is 1.29 bits per heavy atom. The average Bonchev–Trinajstić information content (AvgIpc) is 2.93. The first kappa shape index (κ1) is 15.3. The first-order valence-corrected chi connectivity index (χ1v) is 7.17. The van der Waals surface area contributed by atoms with E-state index in [1.54, 1.807) is 6.07 Å². The lowest BCUT2D eigenvalue weighted by Crippen LogP contribution is -2.25. The molecule has 0 radical (unpaired) electrons. The smallest absolute Gasteiger partial charge is 0.287 e. The van der Waals surface area contributed by atoms with Gasteiger partial charge in [-0.2, -0.15) is 0 Å². The van der Waals surface area contributed by atoms with Crippen molar-refractivity contribution in [1.82, 2.24) is 5.32 Å². The second kappa shape index (κ2) is 7.64. The van der Waals surface area contributed by atoms with Crippen molar-refractivity contribution in [2.45, 2.75) is 26.4 Å². The number of carbonyl (C=O) groups is 1. The van der Waals surface area contributed by atoms with E-state index in [9.17, 15) is 4.79 Å². The largest absolute Gasteiger partial charge is 0.459 e. The zero-order chi connectivity index (χ0) is 15.1. The number of hydrogen-bond donors (Lipinski definition) is 1. The Morgan fingerprint density at radius 2 is 2.05 bits per heavy atom. The zero-order valence-corrected chi connectivity index (χ0v) is 12.5. The maximum atomic E-state index is 11.8. The summed E-state index contributed by atoms with van der Waals surface area (Å²) >= 11 is 0. The van der Waals surface area contributed by atoms with Gasteiger partial charge in [0.25, 0.3) is 5.91 Å². The topological polar surface area (TPSA) is 51.5 Å². The van der Waals surface area contributed by atoms with Crippen LogP contribution in [0.4, 0.5) is 0 Å². The molecule has 1 amide bonds. The van der Waals surface area contributed by atoms with Crippen molar-refractivity contribution in [3.63, 3.8) is 0 Å². The first-order chi connectivity index (χ1) is 10.2. The molecule has 2 rings (SSSR count).